The molecular weight excluding hydrogens is 252 g/mol. The van der Waals surface area contributed by atoms with Crippen LogP contribution in [0.5, 0.6) is 0 Å². The van der Waals surface area contributed by atoms with Crippen LogP contribution in [0.25, 0.3) is 5.69 Å². The van der Waals surface area contributed by atoms with Gasteiger partial charge in [0.1, 0.15) is 11.5 Å². The highest BCUT2D eigenvalue weighted by Crippen LogP contribution is 2.28. The van der Waals surface area contributed by atoms with Crippen molar-refractivity contribution in [3.05, 3.63) is 47.5 Å². The Hall–Kier alpha value is -2.18. The molecule has 0 spiro atoms. The predicted octanol–water partition coefficient (Wildman–Crippen LogP) is 2.84. The van der Waals surface area contributed by atoms with Gasteiger partial charge in [0.05, 0.1) is 0 Å². The number of hydrogen-bond donors (Lipinski definition) is 0. The first-order valence-electron chi connectivity index (χ1n) is 4.80. The number of carbonyl (C=O) groups is 1. The minimum atomic E-state index is -4.61. The van der Waals surface area contributed by atoms with Gasteiger partial charge in [-0.2, -0.15) is 18.3 Å². The molecule has 0 amide bonds. The zero-order valence-electron chi connectivity index (χ0n) is 8.78. The van der Waals surface area contributed by atoms with Gasteiger partial charge in [0.15, 0.2) is 12.0 Å². The summed E-state index contributed by atoms with van der Waals surface area (Å²) in [5, 5.41) is 3.21. The molecule has 0 saturated heterocycles. The number of rotatable bonds is 2. The number of hydrogen-bond acceptors (Lipinski definition) is 2. The SMILES string of the molecule is O=Cc1cccc(F)c1-n1ccc(C(F)(F)F)n1. The lowest BCUT2D eigenvalue weighted by Gasteiger charge is -2.06. The maximum absolute atomic E-state index is 13.5. The molecule has 2 aromatic rings. The molecule has 0 saturated carbocycles. The Kier molecular flexibility index (Phi) is 2.90. The Balaban J connectivity index is 2.56. The van der Waals surface area contributed by atoms with Gasteiger partial charge in [0.25, 0.3) is 0 Å². The van der Waals surface area contributed by atoms with E-state index in [0.29, 0.717) is 17.0 Å². The van der Waals surface area contributed by atoms with E-state index in [-0.39, 0.29) is 11.3 Å². The topological polar surface area (TPSA) is 34.9 Å². The summed E-state index contributed by atoms with van der Waals surface area (Å²) in [4.78, 5) is 10.7. The number of nitrogens with zero attached hydrogens (tertiary/aromatic N) is 2. The fourth-order valence-electron chi connectivity index (χ4n) is 1.47. The van der Waals surface area contributed by atoms with Crippen molar-refractivity contribution in [1.82, 2.24) is 9.78 Å². The summed E-state index contributed by atoms with van der Waals surface area (Å²) in [6, 6.07) is 4.33. The Morgan fingerprint density at radius 3 is 2.50 bits per heavy atom. The average molecular weight is 258 g/mol. The molecule has 2 rings (SSSR count). The molecule has 0 aliphatic heterocycles. The molecular formula is C11H6F4N2O. The lowest BCUT2D eigenvalue weighted by atomic mass is 10.2. The monoisotopic (exact) mass is 258 g/mol. The van der Waals surface area contributed by atoms with Crippen molar-refractivity contribution in [2.75, 3.05) is 0 Å². The summed E-state index contributed by atoms with van der Waals surface area (Å²) in [5.74, 6) is -0.823. The van der Waals surface area contributed by atoms with Crippen molar-refractivity contribution >= 4 is 6.29 Å². The number of para-hydroxylation sites is 1. The van der Waals surface area contributed by atoms with Crippen molar-refractivity contribution < 1.29 is 22.4 Å². The molecule has 0 atom stereocenters. The summed E-state index contributed by atoms with van der Waals surface area (Å²) in [6.07, 6.45) is -3.31. The highest BCUT2D eigenvalue weighted by Gasteiger charge is 2.34. The van der Waals surface area contributed by atoms with Crippen molar-refractivity contribution in [2.45, 2.75) is 6.18 Å². The van der Waals surface area contributed by atoms with E-state index >= 15 is 0 Å². The lowest BCUT2D eigenvalue weighted by molar-refractivity contribution is -0.141. The molecule has 0 bridgehead atoms. The number of aromatic nitrogens is 2. The van der Waals surface area contributed by atoms with E-state index in [0.717, 1.165) is 12.3 Å². The van der Waals surface area contributed by atoms with Crippen molar-refractivity contribution in [1.29, 1.82) is 0 Å². The highest BCUT2D eigenvalue weighted by atomic mass is 19.4. The second-order valence-electron chi connectivity index (χ2n) is 3.44. The van der Waals surface area contributed by atoms with Crippen LogP contribution < -0.4 is 0 Å². The third-order valence-corrected chi connectivity index (χ3v) is 2.25. The summed E-state index contributed by atoms with van der Waals surface area (Å²) in [7, 11) is 0. The molecule has 0 aliphatic rings. The van der Waals surface area contributed by atoms with Crippen molar-refractivity contribution in [3.63, 3.8) is 0 Å². The Morgan fingerprint density at radius 1 is 1.22 bits per heavy atom. The molecule has 18 heavy (non-hydrogen) atoms. The van der Waals surface area contributed by atoms with Gasteiger partial charge in [0.2, 0.25) is 0 Å². The highest BCUT2D eigenvalue weighted by molar-refractivity contribution is 5.80. The minimum Gasteiger partial charge on any atom is -0.298 e. The van der Waals surface area contributed by atoms with Gasteiger partial charge in [0, 0.05) is 11.8 Å². The van der Waals surface area contributed by atoms with Crippen LogP contribution in [-0.4, -0.2) is 16.1 Å². The molecule has 7 heteroatoms. The summed E-state index contributed by atoms with van der Waals surface area (Å²) in [6.45, 7) is 0. The molecule has 1 aromatic heterocycles. The van der Waals surface area contributed by atoms with Crippen LogP contribution in [0.2, 0.25) is 0 Å². The molecule has 0 fully saturated rings. The average Bonchev–Trinajstić information content (AvgIpc) is 2.77. The van der Waals surface area contributed by atoms with Crippen LogP contribution in [0.1, 0.15) is 16.1 Å². The van der Waals surface area contributed by atoms with E-state index in [9.17, 15) is 22.4 Å². The van der Waals surface area contributed by atoms with Gasteiger partial charge in [-0.15, -0.1) is 0 Å². The van der Waals surface area contributed by atoms with Crippen molar-refractivity contribution in [3.8, 4) is 5.69 Å². The van der Waals surface area contributed by atoms with Crippen LogP contribution in [0.15, 0.2) is 30.5 Å². The van der Waals surface area contributed by atoms with E-state index in [1.165, 1.54) is 12.1 Å². The zero-order valence-corrected chi connectivity index (χ0v) is 8.78. The molecule has 1 heterocycles. The van der Waals surface area contributed by atoms with Crippen LogP contribution >= 0.6 is 0 Å². The van der Waals surface area contributed by atoms with Crippen LogP contribution in [-0.2, 0) is 6.18 Å². The summed E-state index contributed by atoms with van der Waals surface area (Å²) >= 11 is 0. The minimum absolute atomic E-state index is 0.0770. The van der Waals surface area contributed by atoms with Crippen molar-refractivity contribution in [2.24, 2.45) is 0 Å². The molecule has 94 valence electrons. The Morgan fingerprint density at radius 2 is 1.94 bits per heavy atom. The molecule has 0 aliphatic carbocycles. The number of halogens is 4. The Bertz CT molecular complexity index is 589. The second kappa shape index (κ2) is 4.25. The molecule has 0 N–H and O–H groups in total. The van der Waals surface area contributed by atoms with Gasteiger partial charge in [-0.1, -0.05) is 6.07 Å². The molecule has 3 nitrogen and oxygen atoms in total. The smallest absolute Gasteiger partial charge is 0.298 e. The van der Waals surface area contributed by atoms with Gasteiger partial charge < -0.3 is 0 Å². The van der Waals surface area contributed by atoms with E-state index in [1.807, 2.05) is 0 Å². The normalized spacial score (nSPS) is 11.6. The number of carbonyl (C=O) groups excluding carboxylic acids is 1. The van der Waals surface area contributed by atoms with Gasteiger partial charge in [-0.3, -0.25) is 4.79 Å². The quantitative estimate of drug-likeness (QED) is 0.613. The fraction of sp³-hybridized carbons (Fsp3) is 0.0909. The third-order valence-electron chi connectivity index (χ3n) is 2.25. The summed E-state index contributed by atoms with van der Waals surface area (Å²) in [5.41, 5.74) is -1.53. The largest absolute Gasteiger partial charge is 0.435 e. The predicted molar refractivity (Wildman–Crippen MR) is 53.9 cm³/mol. The maximum atomic E-state index is 13.5. The van der Waals surface area contributed by atoms with E-state index in [2.05, 4.69) is 5.10 Å². The van der Waals surface area contributed by atoms with Crippen LogP contribution in [0.4, 0.5) is 17.6 Å². The van der Waals surface area contributed by atoms with Gasteiger partial charge in [-0.25, -0.2) is 9.07 Å². The van der Waals surface area contributed by atoms with Gasteiger partial charge in [-0.05, 0) is 18.2 Å². The van der Waals surface area contributed by atoms with E-state index in [4.69, 9.17) is 0 Å². The zero-order chi connectivity index (χ0) is 13.3. The first kappa shape index (κ1) is 12.3. The van der Waals surface area contributed by atoms with Gasteiger partial charge >= 0.3 is 6.18 Å². The molecule has 0 unspecified atom stereocenters. The lowest BCUT2D eigenvalue weighted by Crippen LogP contribution is -2.09. The maximum Gasteiger partial charge on any atom is 0.435 e. The summed E-state index contributed by atoms with van der Waals surface area (Å²) < 4.78 is 51.3. The third kappa shape index (κ3) is 2.11. The van der Waals surface area contributed by atoms with Crippen LogP contribution in [0.3, 0.4) is 0 Å². The number of alkyl halides is 3. The van der Waals surface area contributed by atoms with E-state index in [1.54, 1.807) is 0 Å². The fourth-order valence-corrected chi connectivity index (χ4v) is 1.47. The van der Waals surface area contributed by atoms with E-state index < -0.39 is 17.7 Å². The number of aldehydes is 1. The first-order chi connectivity index (χ1) is 8.43. The Labute approximate surface area is 98.6 Å². The first-order valence-corrected chi connectivity index (χ1v) is 4.80. The van der Waals surface area contributed by atoms with Crippen LogP contribution in [0, 0.1) is 5.82 Å². The standard InChI is InChI=1S/C11H6F4N2O/c12-8-3-1-2-7(6-18)10(8)17-5-4-9(16-17)11(13,14)15/h1-6H. The molecule has 0 radical (unpaired) electrons. The number of benzene rings is 1. The molecule has 1 aromatic carbocycles. The second-order valence-corrected chi connectivity index (χ2v) is 3.44.